The van der Waals surface area contributed by atoms with Crippen LogP contribution < -0.4 is 16.6 Å². The lowest BCUT2D eigenvalue weighted by atomic mass is 10.2. The van der Waals surface area contributed by atoms with Crippen molar-refractivity contribution in [1.29, 1.82) is 0 Å². The zero-order chi connectivity index (χ0) is 13.1. The first-order chi connectivity index (χ1) is 8.56. The number of carbonyl (C=O) groups is 1. The number of hydrogen-bond acceptors (Lipinski definition) is 3. The molecule has 0 saturated heterocycles. The third kappa shape index (κ3) is 2.88. The number of H-pyrrole nitrogens is 1. The smallest absolute Gasteiger partial charge is 0.328 e. The van der Waals surface area contributed by atoms with Crippen LogP contribution in [0.25, 0.3) is 0 Å². The van der Waals surface area contributed by atoms with Gasteiger partial charge in [-0.2, -0.15) is 0 Å². The number of aromatic amines is 1. The van der Waals surface area contributed by atoms with Gasteiger partial charge in [-0.3, -0.25) is 19.1 Å². The largest absolute Gasteiger partial charge is 0.352 e. The van der Waals surface area contributed by atoms with Gasteiger partial charge in [-0.05, 0) is 19.8 Å². The summed E-state index contributed by atoms with van der Waals surface area (Å²) in [4.78, 5) is 36.6. The van der Waals surface area contributed by atoms with Crippen molar-refractivity contribution in [2.24, 2.45) is 0 Å². The second kappa shape index (κ2) is 5.20. The number of amides is 1. The third-order valence-electron chi connectivity index (χ3n) is 3.22. The second-order valence-corrected chi connectivity index (χ2v) is 4.75. The van der Waals surface area contributed by atoms with Gasteiger partial charge in [0.2, 0.25) is 5.91 Å². The van der Waals surface area contributed by atoms with Gasteiger partial charge in [0.05, 0.1) is 0 Å². The van der Waals surface area contributed by atoms with Gasteiger partial charge in [-0.15, -0.1) is 0 Å². The molecular formula is C12H17N3O3. The van der Waals surface area contributed by atoms with Crippen LogP contribution in [-0.4, -0.2) is 21.5 Å². The monoisotopic (exact) mass is 251 g/mol. The van der Waals surface area contributed by atoms with Crippen molar-refractivity contribution < 1.29 is 4.79 Å². The van der Waals surface area contributed by atoms with E-state index >= 15 is 0 Å². The number of carbonyl (C=O) groups excluding carboxylic acids is 1. The highest BCUT2D eigenvalue weighted by molar-refractivity contribution is 5.76. The maximum absolute atomic E-state index is 11.8. The molecule has 0 radical (unpaired) electrons. The normalized spacial score (nSPS) is 15.8. The molecule has 0 bridgehead atoms. The Bertz CT molecular complexity index is 552. The van der Waals surface area contributed by atoms with Crippen LogP contribution in [-0.2, 0) is 11.3 Å². The van der Waals surface area contributed by atoms with E-state index in [-0.39, 0.29) is 18.5 Å². The van der Waals surface area contributed by atoms with Gasteiger partial charge in [0.25, 0.3) is 5.56 Å². The second-order valence-electron chi connectivity index (χ2n) is 4.75. The van der Waals surface area contributed by atoms with Crippen LogP contribution in [0.2, 0.25) is 0 Å². The number of aromatic nitrogens is 2. The Labute approximate surface area is 104 Å². The summed E-state index contributed by atoms with van der Waals surface area (Å²) in [6, 6.07) is 0.233. The van der Waals surface area contributed by atoms with E-state index < -0.39 is 11.2 Å². The molecule has 0 spiro atoms. The van der Waals surface area contributed by atoms with Gasteiger partial charge in [0.1, 0.15) is 6.54 Å². The highest BCUT2D eigenvalue weighted by Gasteiger charge is 2.17. The summed E-state index contributed by atoms with van der Waals surface area (Å²) in [7, 11) is 0. The number of hydrogen-bond donors (Lipinski definition) is 2. The molecule has 1 aliphatic rings. The molecule has 1 fully saturated rings. The van der Waals surface area contributed by atoms with E-state index in [2.05, 4.69) is 10.3 Å². The fourth-order valence-electron chi connectivity index (χ4n) is 2.23. The molecule has 1 aromatic heterocycles. The highest BCUT2D eigenvalue weighted by atomic mass is 16.2. The minimum Gasteiger partial charge on any atom is -0.352 e. The summed E-state index contributed by atoms with van der Waals surface area (Å²) in [6.07, 6.45) is 5.71. The van der Waals surface area contributed by atoms with E-state index in [9.17, 15) is 14.4 Å². The topological polar surface area (TPSA) is 84.0 Å². The minimum atomic E-state index is -0.549. The van der Waals surface area contributed by atoms with Gasteiger partial charge in [-0.1, -0.05) is 12.8 Å². The zero-order valence-corrected chi connectivity index (χ0v) is 10.4. The van der Waals surface area contributed by atoms with Crippen LogP contribution >= 0.6 is 0 Å². The van der Waals surface area contributed by atoms with Crippen molar-refractivity contribution in [3.8, 4) is 0 Å². The lowest BCUT2D eigenvalue weighted by Gasteiger charge is -2.12. The van der Waals surface area contributed by atoms with E-state index in [1.807, 2.05) is 0 Å². The van der Waals surface area contributed by atoms with Gasteiger partial charge in [0.15, 0.2) is 0 Å². The molecule has 1 aromatic rings. The predicted molar refractivity (Wildman–Crippen MR) is 66.5 cm³/mol. The molecule has 6 heteroatoms. The van der Waals surface area contributed by atoms with Crippen LogP contribution in [0.5, 0.6) is 0 Å². The summed E-state index contributed by atoms with van der Waals surface area (Å²) in [5.41, 5.74) is -0.539. The lowest BCUT2D eigenvalue weighted by molar-refractivity contribution is -0.122. The fraction of sp³-hybridized carbons (Fsp3) is 0.583. The summed E-state index contributed by atoms with van der Waals surface area (Å²) in [6.45, 7) is 1.55. The van der Waals surface area contributed by atoms with Crippen molar-refractivity contribution in [1.82, 2.24) is 14.9 Å². The van der Waals surface area contributed by atoms with E-state index in [4.69, 9.17) is 0 Å². The molecule has 6 nitrogen and oxygen atoms in total. The lowest BCUT2D eigenvalue weighted by Crippen LogP contribution is -2.39. The molecule has 0 unspecified atom stereocenters. The van der Waals surface area contributed by atoms with E-state index in [0.717, 1.165) is 25.7 Å². The number of nitrogens with zero attached hydrogens (tertiary/aromatic N) is 1. The molecule has 0 aliphatic heterocycles. The van der Waals surface area contributed by atoms with Crippen molar-refractivity contribution in [3.63, 3.8) is 0 Å². The predicted octanol–water partition coefficient (Wildman–Crippen LogP) is -0.0962. The standard InChI is InChI=1S/C12H17N3O3/c1-8-6-15(12(18)14-11(8)17)7-10(16)13-9-4-2-3-5-9/h6,9H,2-5,7H2,1H3,(H,13,16)(H,14,17,18). The number of aryl methyl sites for hydroxylation is 1. The minimum absolute atomic E-state index is 0.0487. The first-order valence-corrected chi connectivity index (χ1v) is 6.16. The van der Waals surface area contributed by atoms with Crippen LogP contribution in [0.4, 0.5) is 0 Å². The Balaban J connectivity index is 2.04. The van der Waals surface area contributed by atoms with Gasteiger partial charge >= 0.3 is 5.69 Å². The third-order valence-corrected chi connectivity index (χ3v) is 3.22. The van der Waals surface area contributed by atoms with Crippen LogP contribution in [0.15, 0.2) is 15.8 Å². The Kier molecular flexibility index (Phi) is 3.64. The van der Waals surface area contributed by atoms with Gasteiger partial charge in [-0.25, -0.2) is 4.79 Å². The average Bonchev–Trinajstić information content (AvgIpc) is 2.78. The Morgan fingerprint density at radius 1 is 1.44 bits per heavy atom. The molecule has 18 heavy (non-hydrogen) atoms. The Hall–Kier alpha value is -1.85. The molecule has 1 aliphatic carbocycles. The zero-order valence-electron chi connectivity index (χ0n) is 10.4. The van der Waals surface area contributed by atoms with Crippen molar-refractivity contribution in [2.45, 2.75) is 45.2 Å². The van der Waals surface area contributed by atoms with Crippen LogP contribution in [0.3, 0.4) is 0 Å². The van der Waals surface area contributed by atoms with E-state index in [1.54, 1.807) is 6.92 Å². The van der Waals surface area contributed by atoms with Crippen LogP contribution in [0, 0.1) is 6.92 Å². The number of nitrogens with one attached hydrogen (secondary N) is 2. The van der Waals surface area contributed by atoms with E-state index in [0.29, 0.717) is 5.56 Å². The molecule has 0 atom stereocenters. The SMILES string of the molecule is Cc1cn(CC(=O)NC2CCCC2)c(=O)[nH]c1=O. The molecule has 98 valence electrons. The van der Waals surface area contributed by atoms with Crippen molar-refractivity contribution in [3.05, 3.63) is 32.6 Å². The average molecular weight is 251 g/mol. The maximum atomic E-state index is 11.8. The first-order valence-electron chi connectivity index (χ1n) is 6.16. The summed E-state index contributed by atoms with van der Waals surface area (Å²) in [5.74, 6) is -0.185. The summed E-state index contributed by atoms with van der Waals surface area (Å²) < 4.78 is 1.22. The Morgan fingerprint density at radius 2 is 2.11 bits per heavy atom. The van der Waals surface area contributed by atoms with Crippen LogP contribution in [0.1, 0.15) is 31.2 Å². The van der Waals surface area contributed by atoms with Crippen molar-refractivity contribution >= 4 is 5.91 Å². The molecule has 1 heterocycles. The van der Waals surface area contributed by atoms with Crippen molar-refractivity contribution in [2.75, 3.05) is 0 Å². The quantitative estimate of drug-likeness (QED) is 0.787. The van der Waals surface area contributed by atoms with Gasteiger partial charge < -0.3 is 5.32 Å². The molecule has 2 rings (SSSR count). The van der Waals surface area contributed by atoms with E-state index in [1.165, 1.54) is 10.8 Å². The summed E-state index contributed by atoms with van der Waals surface area (Å²) in [5, 5.41) is 2.90. The molecule has 0 aromatic carbocycles. The Morgan fingerprint density at radius 3 is 2.78 bits per heavy atom. The maximum Gasteiger partial charge on any atom is 0.328 e. The summed E-state index contributed by atoms with van der Waals surface area (Å²) >= 11 is 0. The number of rotatable bonds is 3. The molecular weight excluding hydrogens is 234 g/mol. The fourth-order valence-corrected chi connectivity index (χ4v) is 2.23. The molecule has 1 amide bonds. The molecule has 1 saturated carbocycles. The first kappa shape index (κ1) is 12.6. The molecule has 2 N–H and O–H groups in total. The highest BCUT2D eigenvalue weighted by Crippen LogP contribution is 2.17. The van der Waals surface area contributed by atoms with Gasteiger partial charge in [0, 0.05) is 17.8 Å².